The van der Waals surface area contributed by atoms with E-state index in [0.717, 1.165) is 10.4 Å². The molecule has 2 N–H and O–H groups in total. The van der Waals surface area contributed by atoms with Crippen LogP contribution in [0.5, 0.6) is 0 Å². The normalized spacial score (nSPS) is 10.0. The van der Waals surface area contributed by atoms with Gasteiger partial charge in [0.1, 0.15) is 11.9 Å². The van der Waals surface area contributed by atoms with Crippen LogP contribution in [-0.4, -0.2) is 4.98 Å². The van der Waals surface area contributed by atoms with Crippen LogP contribution in [0, 0.1) is 17.1 Å². The third-order valence-electron chi connectivity index (χ3n) is 2.07. The Labute approximate surface area is 96.0 Å². The molecule has 0 saturated carbocycles. The average molecular weight is 233 g/mol. The Balaban J connectivity index is 2.30. The number of rotatable bonds is 2. The van der Waals surface area contributed by atoms with Crippen LogP contribution in [0.3, 0.4) is 0 Å². The van der Waals surface area contributed by atoms with Crippen LogP contribution in [-0.2, 0) is 6.42 Å². The molecule has 2 aromatic rings. The smallest absolute Gasteiger partial charge is 0.181 e. The maximum absolute atomic E-state index is 13.0. The summed E-state index contributed by atoms with van der Waals surface area (Å²) in [6, 6.07) is 8.25. The molecule has 0 atom stereocenters. The number of thiazole rings is 1. The van der Waals surface area contributed by atoms with Crippen LogP contribution < -0.4 is 5.73 Å². The molecule has 0 fully saturated rings. The monoisotopic (exact) mass is 233 g/mol. The fourth-order valence-corrected chi connectivity index (χ4v) is 2.23. The summed E-state index contributed by atoms with van der Waals surface area (Å²) in [5.74, 6) is -0.284. The SMILES string of the molecule is N#Cc1nc(N)sc1Cc1cccc(F)c1. The first-order valence-corrected chi connectivity index (χ1v) is 5.40. The molecule has 0 spiro atoms. The zero-order valence-electron chi connectivity index (χ0n) is 8.27. The van der Waals surface area contributed by atoms with Crippen molar-refractivity contribution < 1.29 is 4.39 Å². The number of nitrogens with zero attached hydrogens (tertiary/aromatic N) is 2. The molecule has 16 heavy (non-hydrogen) atoms. The summed E-state index contributed by atoms with van der Waals surface area (Å²) >= 11 is 1.26. The van der Waals surface area contributed by atoms with Crippen molar-refractivity contribution in [2.24, 2.45) is 0 Å². The summed E-state index contributed by atoms with van der Waals surface area (Å²) in [5, 5.41) is 9.19. The van der Waals surface area contributed by atoms with Crippen LogP contribution in [0.25, 0.3) is 0 Å². The van der Waals surface area contributed by atoms with Gasteiger partial charge >= 0.3 is 0 Å². The fraction of sp³-hybridized carbons (Fsp3) is 0.0909. The Morgan fingerprint density at radius 3 is 3.00 bits per heavy atom. The Morgan fingerprint density at radius 1 is 1.50 bits per heavy atom. The first kappa shape index (κ1) is 10.6. The van der Waals surface area contributed by atoms with Crippen molar-refractivity contribution in [3.05, 3.63) is 46.2 Å². The molecule has 0 saturated heterocycles. The van der Waals surface area contributed by atoms with Crippen molar-refractivity contribution in [3.8, 4) is 6.07 Å². The van der Waals surface area contributed by atoms with Gasteiger partial charge in [-0.2, -0.15) is 5.26 Å². The second-order valence-corrected chi connectivity index (χ2v) is 4.36. The number of halogens is 1. The van der Waals surface area contributed by atoms with Crippen molar-refractivity contribution in [1.29, 1.82) is 5.26 Å². The van der Waals surface area contributed by atoms with Crippen LogP contribution in [0.1, 0.15) is 16.1 Å². The van der Waals surface area contributed by atoms with Crippen LogP contribution >= 0.6 is 11.3 Å². The minimum absolute atomic E-state index is 0.284. The van der Waals surface area contributed by atoms with Gasteiger partial charge in [0, 0.05) is 11.3 Å². The largest absolute Gasteiger partial charge is 0.375 e. The van der Waals surface area contributed by atoms with E-state index < -0.39 is 0 Å². The van der Waals surface area contributed by atoms with Crippen molar-refractivity contribution >= 4 is 16.5 Å². The summed E-state index contributed by atoms with van der Waals surface area (Å²) < 4.78 is 13.0. The van der Waals surface area contributed by atoms with Gasteiger partial charge in [-0.05, 0) is 17.7 Å². The van der Waals surface area contributed by atoms with Crippen molar-refractivity contribution in [2.45, 2.75) is 6.42 Å². The van der Waals surface area contributed by atoms with E-state index in [4.69, 9.17) is 11.0 Å². The van der Waals surface area contributed by atoms with E-state index >= 15 is 0 Å². The molecule has 1 heterocycles. The van der Waals surface area contributed by atoms with E-state index in [-0.39, 0.29) is 5.82 Å². The van der Waals surface area contributed by atoms with E-state index in [1.807, 2.05) is 6.07 Å². The van der Waals surface area contributed by atoms with Gasteiger partial charge in [-0.25, -0.2) is 9.37 Å². The van der Waals surface area contributed by atoms with Crippen LogP contribution in [0.2, 0.25) is 0 Å². The Hall–Kier alpha value is -1.93. The van der Waals surface area contributed by atoms with E-state index in [1.165, 1.54) is 23.5 Å². The molecule has 0 aliphatic carbocycles. The molecule has 1 aromatic carbocycles. The van der Waals surface area contributed by atoms with Crippen molar-refractivity contribution in [1.82, 2.24) is 4.98 Å². The van der Waals surface area contributed by atoms with Crippen molar-refractivity contribution in [2.75, 3.05) is 5.73 Å². The van der Waals surface area contributed by atoms with E-state index in [9.17, 15) is 4.39 Å². The molecule has 3 nitrogen and oxygen atoms in total. The molecule has 0 aliphatic rings. The van der Waals surface area contributed by atoms with E-state index in [0.29, 0.717) is 17.2 Å². The molecule has 1 aromatic heterocycles. The quantitative estimate of drug-likeness (QED) is 0.865. The van der Waals surface area contributed by atoms with Gasteiger partial charge in [-0.15, -0.1) is 11.3 Å². The molecular formula is C11H8FN3S. The molecule has 2 rings (SSSR count). The summed E-state index contributed by atoms with van der Waals surface area (Å²) in [4.78, 5) is 4.66. The standard InChI is InChI=1S/C11H8FN3S/c12-8-3-1-2-7(4-8)5-10-9(6-13)15-11(14)16-10/h1-4H,5H2,(H2,14,15). The molecule has 0 amide bonds. The number of benzene rings is 1. The van der Waals surface area contributed by atoms with Gasteiger partial charge in [0.2, 0.25) is 0 Å². The maximum Gasteiger partial charge on any atom is 0.181 e. The molecule has 80 valence electrons. The molecule has 0 unspecified atom stereocenters. The number of hydrogen-bond acceptors (Lipinski definition) is 4. The van der Waals surface area contributed by atoms with Gasteiger partial charge in [0.05, 0.1) is 0 Å². The summed E-state index contributed by atoms with van der Waals surface area (Å²) in [6.07, 6.45) is 0.482. The molecule has 5 heteroatoms. The lowest BCUT2D eigenvalue weighted by Crippen LogP contribution is -1.89. The lowest BCUT2D eigenvalue weighted by atomic mass is 10.1. The van der Waals surface area contributed by atoms with Crippen LogP contribution in [0.15, 0.2) is 24.3 Å². The molecule has 0 radical (unpaired) electrons. The third-order valence-corrected chi connectivity index (χ3v) is 2.96. The van der Waals surface area contributed by atoms with Gasteiger partial charge in [-0.1, -0.05) is 12.1 Å². The number of nitrogen functional groups attached to an aromatic ring is 1. The van der Waals surface area contributed by atoms with Gasteiger partial charge in [0.25, 0.3) is 0 Å². The topological polar surface area (TPSA) is 62.7 Å². The first-order valence-electron chi connectivity index (χ1n) is 4.59. The predicted octanol–water partition coefficient (Wildman–Crippen LogP) is 2.33. The highest BCUT2D eigenvalue weighted by Crippen LogP contribution is 2.23. The van der Waals surface area contributed by atoms with Gasteiger partial charge < -0.3 is 5.73 Å². The second-order valence-electron chi connectivity index (χ2n) is 3.24. The fourth-order valence-electron chi connectivity index (χ4n) is 1.41. The minimum Gasteiger partial charge on any atom is -0.375 e. The second kappa shape index (κ2) is 4.29. The number of anilines is 1. The van der Waals surface area contributed by atoms with Gasteiger partial charge in [0.15, 0.2) is 10.8 Å². The lowest BCUT2D eigenvalue weighted by molar-refractivity contribution is 0.626. The predicted molar refractivity (Wildman–Crippen MR) is 60.4 cm³/mol. The highest BCUT2D eigenvalue weighted by molar-refractivity contribution is 7.15. The Kier molecular flexibility index (Phi) is 2.84. The summed E-state index contributed by atoms with van der Waals surface area (Å²) in [6.45, 7) is 0. The number of nitriles is 1. The summed E-state index contributed by atoms with van der Waals surface area (Å²) in [7, 11) is 0. The Bertz CT molecular complexity index is 557. The summed E-state index contributed by atoms with van der Waals surface area (Å²) in [5.41, 5.74) is 6.65. The average Bonchev–Trinajstić information content (AvgIpc) is 2.59. The molecule has 0 aliphatic heterocycles. The first-order chi connectivity index (χ1) is 7.69. The minimum atomic E-state index is -0.284. The number of nitrogens with two attached hydrogens (primary N) is 1. The zero-order chi connectivity index (χ0) is 11.5. The highest BCUT2D eigenvalue weighted by Gasteiger charge is 2.09. The highest BCUT2D eigenvalue weighted by atomic mass is 32.1. The maximum atomic E-state index is 13.0. The van der Waals surface area contributed by atoms with Gasteiger partial charge in [-0.3, -0.25) is 0 Å². The lowest BCUT2D eigenvalue weighted by Gasteiger charge is -1.98. The Morgan fingerprint density at radius 2 is 2.31 bits per heavy atom. The zero-order valence-corrected chi connectivity index (χ0v) is 9.09. The van der Waals surface area contributed by atoms with Crippen molar-refractivity contribution in [3.63, 3.8) is 0 Å². The molecule has 0 bridgehead atoms. The molecular weight excluding hydrogens is 225 g/mol. The van der Waals surface area contributed by atoms with Crippen LogP contribution in [0.4, 0.5) is 9.52 Å². The number of hydrogen-bond donors (Lipinski definition) is 1. The van der Waals surface area contributed by atoms with E-state index in [1.54, 1.807) is 12.1 Å². The third kappa shape index (κ3) is 2.18. The van der Waals surface area contributed by atoms with E-state index in [2.05, 4.69) is 4.98 Å². The number of aromatic nitrogens is 1.